The number of hydrogen-bond acceptors (Lipinski definition) is 3. The van der Waals surface area contributed by atoms with Crippen LogP contribution < -0.4 is 5.32 Å². The highest BCUT2D eigenvalue weighted by Gasteiger charge is 2.11. The number of halogens is 2. The summed E-state index contributed by atoms with van der Waals surface area (Å²) >= 11 is 17.0. The molecule has 0 aliphatic heterocycles. The van der Waals surface area contributed by atoms with E-state index in [9.17, 15) is 4.79 Å². The fourth-order valence-corrected chi connectivity index (χ4v) is 2.32. The molecule has 1 aromatic carbocycles. The standard InChI is InChI=1S/C12H12Cl2N4OS/c1-18-10(16-17-12(18)20)6-15-11(19)5-7-8(13)3-2-4-9(7)14/h2-4H,5-6H2,1H3,(H,15,19)(H,17,20). The third-order valence-corrected chi connectivity index (χ3v) is 3.89. The average Bonchev–Trinajstić information content (AvgIpc) is 2.72. The van der Waals surface area contributed by atoms with E-state index in [0.717, 1.165) is 0 Å². The van der Waals surface area contributed by atoms with Crippen molar-refractivity contribution in [2.45, 2.75) is 13.0 Å². The quantitative estimate of drug-likeness (QED) is 0.847. The molecule has 0 fully saturated rings. The summed E-state index contributed by atoms with van der Waals surface area (Å²) in [5.41, 5.74) is 0.615. The van der Waals surface area contributed by atoms with Crippen LogP contribution >= 0.6 is 35.4 Å². The van der Waals surface area contributed by atoms with Crippen LogP contribution in [0.25, 0.3) is 0 Å². The third kappa shape index (κ3) is 3.39. The van der Waals surface area contributed by atoms with Crippen molar-refractivity contribution in [1.82, 2.24) is 20.1 Å². The zero-order chi connectivity index (χ0) is 14.7. The van der Waals surface area contributed by atoms with E-state index in [1.165, 1.54) is 0 Å². The molecule has 1 amide bonds. The average molecular weight is 331 g/mol. The van der Waals surface area contributed by atoms with Crippen LogP contribution in [0.5, 0.6) is 0 Å². The van der Waals surface area contributed by atoms with Gasteiger partial charge in [-0.2, -0.15) is 5.10 Å². The minimum absolute atomic E-state index is 0.118. The highest BCUT2D eigenvalue weighted by Crippen LogP contribution is 2.24. The topological polar surface area (TPSA) is 62.7 Å². The lowest BCUT2D eigenvalue weighted by Gasteiger charge is -2.07. The predicted octanol–water partition coefficient (Wildman–Crippen LogP) is 2.64. The van der Waals surface area contributed by atoms with E-state index >= 15 is 0 Å². The maximum absolute atomic E-state index is 11.9. The third-order valence-electron chi connectivity index (χ3n) is 2.82. The highest BCUT2D eigenvalue weighted by atomic mass is 35.5. The second-order valence-corrected chi connectivity index (χ2v) is 5.36. The normalized spacial score (nSPS) is 10.6. The molecular formula is C12H12Cl2N4OS. The number of nitrogens with zero attached hydrogens (tertiary/aromatic N) is 2. The Kier molecular flexibility index (Phi) is 4.80. The van der Waals surface area contributed by atoms with E-state index in [-0.39, 0.29) is 18.9 Å². The largest absolute Gasteiger partial charge is 0.349 e. The first-order valence-corrected chi connectivity index (χ1v) is 6.95. The minimum atomic E-state index is -0.186. The SMILES string of the molecule is Cn1c(CNC(=O)Cc2c(Cl)cccc2Cl)n[nH]c1=S. The summed E-state index contributed by atoms with van der Waals surface area (Å²) in [6.07, 6.45) is 0.118. The predicted molar refractivity (Wildman–Crippen MR) is 80.4 cm³/mol. The van der Waals surface area contributed by atoms with Gasteiger partial charge in [-0.25, -0.2) is 0 Å². The van der Waals surface area contributed by atoms with E-state index in [0.29, 0.717) is 26.2 Å². The molecule has 0 saturated heterocycles. The first kappa shape index (κ1) is 15.0. The lowest BCUT2D eigenvalue weighted by molar-refractivity contribution is -0.120. The van der Waals surface area contributed by atoms with Gasteiger partial charge in [0.1, 0.15) is 0 Å². The van der Waals surface area contributed by atoms with Gasteiger partial charge in [0.2, 0.25) is 5.91 Å². The molecule has 8 heteroatoms. The van der Waals surface area contributed by atoms with Crippen LogP contribution in [0.2, 0.25) is 10.0 Å². The van der Waals surface area contributed by atoms with Crippen molar-refractivity contribution in [2.24, 2.45) is 7.05 Å². The number of carbonyl (C=O) groups is 1. The van der Waals surface area contributed by atoms with Gasteiger partial charge < -0.3 is 9.88 Å². The minimum Gasteiger partial charge on any atom is -0.349 e. The Hall–Kier alpha value is -1.37. The van der Waals surface area contributed by atoms with Crippen LogP contribution in [0.15, 0.2) is 18.2 Å². The molecule has 2 aromatic rings. The molecule has 0 saturated carbocycles. The van der Waals surface area contributed by atoms with Gasteiger partial charge in [-0.1, -0.05) is 29.3 Å². The monoisotopic (exact) mass is 330 g/mol. The van der Waals surface area contributed by atoms with Crippen molar-refractivity contribution in [1.29, 1.82) is 0 Å². The van der Waals surface area contributed by atoms with Gasteiger partial charge in [0.25, 0.3) is 0 Å². The van der Waals surface area contributed by atoms with Gasteiger partial charge in [0.15, 0.2) is 10.6 Å². The number of benzene rings is 1. The Labute approximate surface area is 130 Å². The molecule has 0 aliphatic carbocycles. The van der Waals surface area contributed by atoms with E-state index < -0.39 is 0 Å². The lowest BCUT2D eigenvalue weighted by atomic mass is 10.1. The molecule has 0 unspecified atom stereocenters. The molecule has 106 valence electrons. The van der Waals surface area contributed by atoms with Crippen molar-refractivity contribution < 1.29 is 4.79 Å². The number of H-pyrrole nitrogens is 1. The van der Waals surface area contributed by atoms with E-state index in [2.05, 4.69) is 15.5 Å². The summed E-state index contributed by atoms with van der Waals surface area (Å²) in [6, 6.07) is 5.14. The number of rotatable bonds is 4. The second kappa shape index (κ2) is 6.39. The van der Waals surface area contributed by atoms with Gasteiger partial charge in [-0.3, -0.25) is 9.89 Å². The zero-order valence-electron chi connectivity index (χ0n) is 10.6. The van der Waals surface area contributed by atoms with E-state index in [4.69, 9.17) is 35.4 Å². The Morgan fingerprint density at radius 3 is 2.65 bits per heavy atom. The van der Waals surface area contributed by atoms with Crippen molar-refractivity contribution in [3.8, 4) is 0 Å². The van der Waals surface area contributed by atoms with Gasteiger partial charge in [-0.15, -0.1) is 0 Å². The number of aromatic nitrogens is 3. The molecule has 2 rings (SSSR count). The summed E-state index contributed by atoms with van der Waals surface area (Å²) in [6.45, 7) is 0.282. The van der Waals surface area contributed by atoms with Crippen molar-refractivity contribution in [3.05, 3.63) is 44.4 Å². The molecule has 2 N–H and O–H groups in total. The molecule has 0 radical (unpaired) electrons. The van der Waals surface area contributed by atoms with Crippen LogP contribution in [0.1, 0.15) is 11.4 Å². The van der Waals surface area contributed by atoms with Crippen molar-refractivity contribution in [3.63, 3.8) is 0 Å². The van der Waals surface area contributed by atoms with Crippen LogP contribution in [0.3, 0.4) is 0 Å². The van der Waals surface area contributed by atoms with Crippen molar-refractivity contribution >= 4 is 41.3 Å². The van der Waals surface area contributed by atoms with Crippen molar-refractivity contribution in [2.75, 3.05) is 0 Å². The van der Waals surface area contributed by atoms with Gasteiger partial charge in [0, 0.05) is 17.1 Å². The fraction of sp³-hybridized carbons (Fsp3) is 0.250. The number of hydrogen-bond donors (Lipinski definition) is 2. The summed E-state index contributed by atoms with van der Waals surface area (Å²) in [4.78, 5) is 11.9. The summed E-state index contributed by atoms with van der Waals surface area (Å²) in [5.74, 6) is 0.461. The Balaban J connectivity index is 2.00. The van der Waals surface area contributed by atoms with Gasteiger partial charge in [-0.05, 0) is 29.9 Å². The molecule has 5 nitrogen and oxygen atoms in total. The zero-order valence-corrected chi connectivity index (χ0v) is 12.9. The second-order valence-electron chi connectivity index (χ2n) is 4.16. The first-order valence-electron chi connectivity index (χ1n) is 5.79. The van der Waals surface area contributed by atoms with Gasteiger partial charge in [0.05, 0.1) is 13.0 Å². The van der Waals surface area contributed by atoms with E-state index in [1.54, 1.807) is 29.8 Å². The number of nitrogens with one attached hydrogen (secondary N) is 2. The van der Waals surface area contributed by atoms with E-state index in [1.807, 2.05) is 0 Å². The Morgan fingerprint density at radius 1 is 1.45 bits per heavy atom. The summed E-state index contributed by atoms with van der Waals surface area (Å²) in [7, 11) is 1.78. The number of carbonyl (C=O) groups excluding carboxylic acids is 1. The maximum Gasteiger partial charge on any atom is 0.224 e. The molecule has 0 spiro atoms. The molecule has 1 heterocycles. The molecule has 20 heavy (non-hydrogen) atoms. The number of aromatic amines is 1. The first-order chi connectivity index (χ1) is 9.49. The maximum atomic E-state index is 11.9. The lowest BCUT2D eigenvalue weighted by Crippen LogP contribution is -2.26. The van der Waals surface area contributed by atoms with Gasteiger partial charge >= 0.3 is 0 Å². The fourth-order valence-electron chi connectivity index (χ4n) is 1.64. The van der Waals surface area contributed by atoms with Crippen LogP contribution in [-0.4, -0.2) is 20.7 Å². The smallest absolute Gasteiger partial charge is 0.224 e. The Bertz CT molecular complexity index is 675. The molecular weight excluding hydrogens is 319 g/mol. The van der Waals surface area contributed by atoms with Crippen LogP contribution in [0.4, 0.5) is 0 Å². The van der Waals surface area contributed by atoms with Crippen LogP contribution in [-0.2, 0) is 24.8 Å². The molecule has 0 aliphatic rings. The van der Waals surface area contributed by atoms with Crippen LogP contribution in [0, 0.1) is 4.77 Å². The molecule has 0 bridgehead atoms. The molecule has 1 aromatic heterocycles. The summed E-state index contributed by atoms with van der Waals surface area (Å²) in [5, 5.41) is 10.4. The highest BCUT2D eigenvalue weighted by molar-refractivity contribution is 7.71. The Morgan fingerprint density at radius 2 is 2.10 bits per heavy atom. The summed E-state index contributed by atoms with van der Waals surface area (Å²) < 4.78 is 2.20. The number of amides is 1. The molecule has 0 atom stereocenters.